The van der Waals surface area contributed by atoms with Crippen molar-refractivity contribution in [1.82, 2.24) is 9.97 Å². The second-order valence-corrected chi connectivity index (χ2v) is 5.67. The molecule has 2 aromatic rings. The second-order valence-electron chi connectivity index (χ2n) is 5.24. The number of aromatic nitrogens is 2. The Morgan fingerprint density at radius 1 is 1.21 bits per heavy atom. The van der Waals surface area contributed by atoms with Gasteiger partial charge in [0.15, 0.2) is 0 Å². The molecule has 1 heterocycles. The van der Waals surface area contributed by atoms with Crippen molar-refractivity contribution in [2.24, 2.45) is 0 Å². The van der Waals surface area contributed by atoms with E-state index >= 15 is 0 Å². The number of nitrogens with zero attached hydrogens (tertiary/aromatic N) is 2. The Morgan fingerprint density at radius 2 is 1.83 bits per heavy atom. The first-order valence-corrected chi connectivity index (χ1v) is 7.31. The fourth-order valence-corrected chi connectivity index (χ4v) is 2.00. The number of halogens is 4. The van der Waals surface area contributed by atoms with Gasteiger partial charge in [0.25, 0.3) is 5.91 Å². The molecule has 2 rings (SSSR count). The molecule has 1 aromatic heterocycles. The van der Waals surface area contributed by atoms with Crippen LogP contribution >= 0.6 is 11.6 Å². The van der Waals surface area contributed by atoms with E-state index in [9.17, 15) is 18.0 Å². The molecule has 0 aliphatic rings. The summed E-state index contributed by atoms with van der Waals surface area (Å²) in [6, 6.07) is 3.22. The third kappa shape index (κ3) is 4.58. The number of rotatable bonds is 4. The molecule has 0 spiro atoms. The SMILES string of the molecule is CC(C)Nc1ncc(C(=O)Nc2ccc(Cl)cc2C(F)(F)F)cn1. The van der Waals surface area contributed by atoms with Crippen LogP contribution in [0.3, 0.4) is 0 Å². The summed E-state index contributed by atoms with van der Waals surface area (Å²) in [5.74, 6) is -0.428. The predicted molar refractivity (Wildman–Crippen MR) is 85.2 cm³/mol. The Hall–Kier alpha value is -2.35. The first-order valence-electron chi connectivity index (χ1n) is 6.93. The molecule has 0 saturated carbocycles. The fourth-order valence-electron chi connectivity index (χ4n) is 1.83. The van der Waals surface area contributed by atoms with Crippen molar-refractivity contribution < 1.29 is 18.0 Å². The van der Waals surface area contributed by atoms with E-state index in [0.29, 0.717) is 5.95 Å². The lowest BCUT2D eigenvalue weighted by atomic mass is 10.1. The molecule has 0 atom stereocenters. The molecular weight excluding hydrogens is 345 g/mol. The van der Waals surface area contributed by atoms with Crippen molar-refractivity contribution in [2.75, 3.05) is 10.6 Å². The molecule has 5 nitrogen and oxygen atoms in total. The van der Waals surface area contributed by atoms with Gasteiger partial charge in [-0.3, -0.25) is 4.79 Å². The monoisotopic (exact) mass is 358 g/mol. The number of hydrogen-bond acceptors (Lipinski definition) is 4. The molecule has 0 aliphatic carbocycles. The van der Waals surface area contributed by atoms with E-state index in [1.165, 1.54) is 18.5 Å². The van der Waals surface area contributed by atoms with Crippen LogP contribution in [0.1, 0.15) is 29.8 Å². The highest BCUT2D eigenvalue weighted by Crippen LogP contribution is 2.36. The molecule has 0 aliphatic heterocycles. The molecule has 0 fully saturated rings. The van der Waals surface area contributed by atoms with E-state index in [-0.39, 0.29) is 22.3 Å². The third-order valence-corrected chi connectivity index (χ3v) is 3.10. The van der Waals surface area contributed by atoms with Gasteiger partial charge in [-0.1, -0.05) is 11.6 Å². The summed E-state index contributed by atoms with van der Waals surface area (Å²) in [6.07, 6.45) is -2.18. The first-order chi connectivity index (χ1) is 11.2. The molecule has 0 saturated heterocycles. The van der Waals surface area contributed by atoms with Gasteiger partial charge in [-0.05, 0) is 32.0 Å². The summed E-state index contributed by atoms with van der Waals surface area (Å²) in [5, 5.41) is 5.07. The van der Waals surface area contributed by atoms with E-state index in [2.05, 4.69) is 20.6 Å². The first kappa shape index (κ1) is 18.0. The topological polar surface area (TPSA) is 66.9 Å². The van der Waals surface area contributed by atoms with Crippen LogP contribution < -0.4 is 10.6 Å². The average molecular weight is 359 g/mol. The van der Waals surface area contributed by atoms with Gasteiger partial charge in [-0.25, -0.2) is 9.97 Å². The van der Waals surface area contributed by atoms with Crippen molar-refractivity contribution >= 4 is 29.1 Å². The van der Waals surface area contributed by atoms with Crippen molar-refractivity contribution in [1.29, 1.82) is 0 Å². The third-order valence-electron chi connectivity index (χ3n) is 2.87. The maximum absolute atomic E-state index is 13.0. The number of amides is 1. The summed E-state index contributed by atoms with van der Waals surface area (Å²) >= 11 is 5.60. The van der Waals surface area contributed by atoms with Gasteiger partial charge in [0.1, 0.15) is 0 Å². The Balaban J connectivity index is 2.21. The van der Waals surface area contributed by atoms with Crippen LogP contribution in [0.25, 0.3) is 0 Å². The largest absolute Gasteiger partial charge is 0.418 e. The standard InChI is InChI=1S/C15H14ClF3N4O/c1-8(2)22-14-20-6-9(7-21-14)13(24)23-12-4-3-10(16)5-11(12)15(17,18)19/h3-8H,1-2H3,(H,23,24)(H,20,21,22). The molecule has 128 valence electrons. The Morgan fingerprint density at radius 3 is 2.38 bits per heavy atom. The lowest BCUT2D eigenvalue weighted by Crippen LogP contribution is -2.18. The van der Waals surface area contributed by atoms with E-state index in [4.69, 9.17) is 11.6 Å². The lowest BCUT2D eigenvalue weighted by molar-refractivity contribution is -0.136. The second kappa shape index (κ2) is 7.04. The zero-order valence-corrected chi connectivity index (χ0v) is 13.5. The van der Waals surface area contributed by atoms with Crippen molar-refractivity contribution in [3.05, 3.63) is 46.7 Å². The minimum atomic E-state index is -4.64. The zero-order valence-electron chi connectivity index (χ0n) is 12.8. The predicted octanol–water partition coefficient (Wildman–Crippen LogP) is 4.22. The van der Waals surface area contributed by atoms with E-state index in [0.717, 1.165) is 12.1 Å². The van der Waals surface area contributed by atoms with Crippen LogP contribution in [0.2, 0.25) is 5.02 Å². The molecule has 2 N–H and O–H groups in total. The number of benzene rings is 1. The molecule has 0 unspecified atom stereocenters. The van der Waals surface area contributed by atoms with Crippen LogP contribution in [-0.2, 0) is 6.18 Å². The van der Waals surface area contributed by atoms with Crippen LogP contribution in [0, 0.1) is 0 Å². The summed E-state index contributed by atoms with van der Waals surface area (Å²) < 4.78 is 39.0. The average Bonchev–Trinajstić information content (AvgIpc) is 2.48. The number of carbonyl (C=O) groups excluding carboxylic acids is 1. The zero-order chi connectivity index (χ0) is 17.9. The van der Waals surface area contributed by atoms with Crippen molar-refractivity contribution in [2.45, 2.75) is 26.1 Å². The van der Waals surface area contributed by atoms with E-state index < -0.39 is 17.6 Å². The van der Waals surface area contributed by atoms with Gasteiger partial charge in [-0.15, -0.1) is 0 Å². The van der Waals surface area contributed by atoms with Gasteiger partial charge in [0, 0.05) is 23.5 Å². The van der Waals surface area contributed by atoms with Gasteiger partial charge >= 0.3 is 6.18 Å². The maximum Gasteiger partial charge on any atom is 0.418 e. The van der Waals surface area contributed by atoms with Crippen LogP contribution in [-0.4, -0.2) is 21.9 Å². The highest BCUT2D eigenvalue weighted by atomic mass is 35.5. The minimum absolute atomic E-state index is 0.0346. The number of hydrogen-bond donors (Lipinski definition) is 2. The number of carbonyl (C=O) groups is 1. The quantitative estimate of drug-likeness (QED) is 0.858. The normalized spacial score (nSPS) is 11.5. The van der Waals surface area contributed by atoms with Crippen molar-refractivity contribution in [3.8, 4) is 0 Å². The number of alkyl halides is 3. The molecule has 1 aromatic carbocycles. The molecule has 24 heavy (non-hydrogen) atoms. The molecule has 0 radical (unpaired) electrons. The molecule has 9 heteroatoms. The van der Waals surface area contributed by atoms with Crippen LogP contribution in [0.4, 0.5) is 24.8 Å². The fraction of sp³-hybridized carbons (Fsp3) is 0.267. The molecule has 0 bridgehead atoms. The van der Waals surface area contributed by atoms with E-state index in [1.807, 2.05) is 13.8 Å². The smallest absolute Gasteiger partial charge is 0.352 e. The lowest BCUT2D eigenvalue weighted by Gasteiger charge is -2.14. The highest BCUT2D eigenvalue weighted by Gasteiger charge is 2.34. The summed E-state index contributed by atoms with van der Waals surface area (Å²) in [6.45, 7) is 3.78. The van der Waals surface area contributed by atoms with Gasteiger partial charge in [-0.2, -0.15) is 13.2 Å². The molecule has 1 amide bonds. The molecular formula is C15H14ClF3N4O. The minimum Gasteiger partial charge on any atom is -0.352 e. The van der Waals surface area contributed by atoms with Gasteiger partial charge < -0.3 is 10.6 Å². The Kier molecular flexibility index (Phi) is 5.28. The van der Waals surface area contributed by atoms with E-state index in [1.54, 1.807) is 0 Å². The highest BCUT2D eigenvalue weighted by molar-refractivity contribution is 6.30. The van der Waals surface area contributed by atoms with Gasteiger partial charge in [0.2, 0.25) is 5.95 Å². The van der Waals surface area contributed by atoms with Gasteiger partial charge in [0.05, 0.1) is 16.8 Å². The Bertz CT molecular complexity index is 732. The summed E-state index contributed by atoms with van der Waals surface area (Å²) in [4.78, 5) is 20.0. The Labute approximate surface area is 141 Å². The summed E-state index contributed by atoms with van der Waals surface area (Å²) in [5.41, 5.74) is -1.38. The number of nitrogens with one attached hydrogen (secondary N) is 2. The summed E-state index contributed by atoms with van der Waals surface area (Å²) in [7, 11) is 0. The van der Waals surface area contributed by atoms with Crippen LogP contribution in [0.5, 0.6) is 0 Å². The number of anilines is 2. The maximum atomic E-state index is 13.0. The van der Waals surface area contributed by atoms with Crippen LogP contribution in [0.15, 0.2) is 30.6 Å². The van der Waals surface area contributed by atoms with Crippen molar-refractivity contribution in [3.63, 3.8) is 0 Å².